The minimum Gasteiger partial charge on any atom is -0.383 e. The first-order valence-corrected chi connectivity index (χ1v) is 11.9. The summed E-state index contributed by atoms with van der Waals surface area (Å²) in [7, 11) is -3.62. The SMILES string of the molecule is CCCCNc1ccc(S(=O)(=O)N2CCOCC2)cc1NC(=O)[C@H]1CC=CCC1. The largest absolute Gasteiger partial charge is 0.383 e. The number of anilines is 2. The molecule has 1 aromatic carbocycles. The number of nitrogens with zero attached hydrogens (tertiary/aromatic N) is 1. The molecular weight excluding hydrogens is 390 g/mol. The van der Waals surface area contributed by atoms with Crippen LogP contribution in [0, 0.1) is 5.92 Å². The van der Waals surface area contributed by atoms with Crippen molar-refractivity contribution in [2.75, 3.05) is 43.5 Å². The van der Waals surface area contributed by atoms with E-state index in [0.717, 1.165) is 44.3 Å². The molecule has 0 bridgehead atoms. The van der Waals surface area contributed by atoms with Crippen molar-refractivity contribution in [2.45, 2.75) is 43.9 Å². The van der Waals surface area contributed by atoms with E-state index in [1.807, 2.05) is 6.08 Å². The number of hydrogen-bond donors (Lipinski definition) is 2. The van der Waals surface area contributed by atoms with Crippen LogP contribution in [0.2, 0.25) is 0 Å². The van der Waals surface area contributed by atoms with Gasteiger partial charge in [0.25, 0.3) is 0 Å². The van der Waals surface area contributed by atoms with Crippen LogP contribution in [0.25, 0.3) is 0 Å². The molecule has 0 aromatic heterocycles. The van der Waals surface area contributed by atoms with Crippen LogP contribution in [-0.4, -0.2) is 51.5 Å². The molecule has 1 fully saturated rings. The summed E-state index contributed by atoms with van der Waals surface area (Å²) in [5.41, 5.74) is 1.27. The van der Waals surface area contributed by atoms with E-state index in [4.69, 9.17) is 4.74 Å². The first-order chi connectivity index (χ1) is 14.0. The summed E-state index contributed by atoms with van der Waals surface area (Å²) in [6.45, 7) is 4.35. The van der Waals surface area contributed by atoms with Gasteiger partial charge in [-0.15, -0.1) is 0 Å². The van der Waals surface area contributed by atoms with Gasteiger partial charge in [-0.25, -0.2) is 8.42 Å². The van der Waals surface area contributed by atoms with Crippen molar-refractivity contribution in [1.29, 1.82) is 0 Å². The van der Waals surface area contributed by atoms with Crippen molar-refractivity contribution in [2.24, 2.45) is 5.92 Å². The van der Waals surface area contributed by atoms with Gasteiger partial charge in [-0.3, -0.25) is 4.79 Å². The Hall–Kier alpha value is -1.90. The zero-order valence-corrected chi connectivity index (χ0v) is 17.8. The summed E-state index contributed by atoms with van der Waals surface area (Å²) < 4.78 is 32.8. The number of morpholine rings is 1. The van der Waals surface area contributed by atoms with E-state index in [9.17, 15) is 13.2 Å². The zero-order chi connectivity index (χ0) is 20.7. The molecule has 2 aliphatic rings. The van der Waals surface area contributed by atoms with Crippen LogP contribution in [0.15, 0.2) is 35.2 Å². The normalized spacial score (nSPS) is 20.4. The predicted octanol–water partition coefficient (Wildman–Crippen LogP) is 3.21. The number of ether oxygens (including phenoxy) is 1. The van der Waals surface area contributed by atoms with Crippen LogP contribution in [0.5, 0.6) is 0 Å². The molecule has 0 spiro atoms. The Morgan fingerprint density at radius 2 is 2.00 bits per heavy atom. The Labute approximate surface area is 173 Å². The quantitative estimate of drug-likeness (QED) is 0.497. The van der Waals surface area contributed by atoms with E-state index in [1.165, 1.54) is 4.31 Å². The van der Waals surface area contributed by atoms with Crippen LogP contribution in [0.3, 0.4) is 0 Å². The lowest BCUT2D eigenvalue weighted by Crippen LogP contribution is -2.40. The molecule has 7 nitrogen and oxygen atoms in total. The summed E-state index contributed by atoms with van der Waals surface area (Å²) in [6, 6.07) is 4.94. The second kappa shape index (κ2) is 10.2. The van der Waals surface area contributed by atoms with Gasteiger partial charge in [-0.05, 0) is 43.9 Å². The fourth-order valence-electron chi connectivity index (χ4n) is 3.54. The molecule has 1 aromatic rings. The number of unbranched alkanes of at least 4 members (excludes halogenated alkanes) is 1. The lowest BCUT2D eigenvalue weighted by Gasteiger charge is -2.26. The maximum absolute atomic E-state index is 13.0. The monoisotopic (exact) mass is 421 g/mol. The van der Waals surface area contributed by atoms with Crippen LogP contribution in [0.4, 0.5) is 11.4 Å². The van der Waals surface area contributed by atoms with E-state index in [1.54, 1.807) is 18.2 Å². The van der Waals surface area contributed by atoms with Crippen molar-refractivity contribution >= 4 is 27.3 Å². The molecule has 1 aliphatic carbocycles. The highest BCUT2D eigenvalue weighted by molar-refractivity contribution is 7.89. The van der Waals surface area contributed by atoms with Gasteiger partial charge in [0.2, 0.25) is 15.9 Å². The van der Waals surface area contributed by atoms with Gasteiger partial charge in [0, 0.05) is 25.6 Å². The fraction of sp³-hybridized carbons (Fsp3) is 0.571. The summed E-state index contributed by atoms with van der Waals surface area (Å²) >= 11 is 0. The molecule has 1 amide bonds. The average Bonchev–Trinajstić information content (AvgIpc) is 2.76. The Morgan fingerprint density at radius 3 is 2.69 bits per heavy atom. The molecule has 0 radical (unpaired) electrons. The second-order valence-corrected chi connectivity index (χ2v) is 9.41. The lowest BCUT2D eigenvalue weighted by atomic mass is 9.93. The number of amides is 1. The van der Waals surface area contributed by atoms with Gasteiger partial charge in [0.15, 0.2) is 0 Å². The van der Waals surface area contributed by atoms with Crippen LogP contribution >= 0.6 is 0 Å². The standard InChI is InChI=1S/C21H31N3O4S/c1-2-3-11-22-19-10-9-18(29(26,27)24-12-14-28-15-13-24)16-20(19)23-21(25)17-7-5-4-6-8-17/h4-5,9-10,16-17,22H,2-3,6-8,11-15H2,1H3,(H,23,25)/t17-/m0/s1. The van der Waals surface area contributed by atoms with E-state index >= 15 is 0 Å². The number of carbonyl (C=O) groups is 1. The van der Waals surface area contributed by atoms with Crippen molar-refractivity contribution in [3.05, 3.63) is 30.4 Å². The zero-order valence-electron chi connectivity index (χ0n) is 17.0. The molecule has 8 heteroatoms. The van der Waals surface area contributed by atoms with Crippen LogP contribution in [0.1, 0.15) is 39.0 Å². The Kier molecular flexibility index (Phi) is 7.69. The number of carbonyl (C=O) groups excluding carboxylic acids is 1. The van der Waals surface area contributed by atoms with Crippen molar-refractivity contribution in [3.8, 4) is 0 Å². The third kappa shape index (κ3) is 5.58. The maximum atomic E-state index is 13.0. The van der Waals surface area contributed by atoms with E-state index in [-0.39, 0.29) is 16.7 Å². The average molecular weight is 422 g/mol. The number of hydrogen-bond acceptors (Lipinski definition) is 5. The molecule has 0 unspecified atom stereocenters. The molecule has 0 saturated carbocycles. The van der Waals surface area contributed by atoms with E-state index in [0.29, 0.717) is 32.0 Å². The molecule has 29 heavy (non-hydrogen) atoms. The van der Waals surface area contributed by atoms with E-state index in [2.05, 4.69) is 23.6 Å². The van der Waals surface area contributed by atoms with Crippen LogP contribution in [-0.2, 0) is 19.6 Å². The summed E-state index contributed by atoms with van der Waals surface area (Å²) in [4.78, 5) is 13.0. The number of nitrogens with one attached hydrogen (secondary N) is 2. The Morgan fingerprint density at radius 1 is 1.21 bits per heavy atom. The molecule has 1 saturated heterocycles. The fourth-order valence-corrected chi connectivity index (χ4v) is 4.98. The number of benzene rings is 1. The van der Waals surface area contributed by atoms with Gasteiger partial charge in [0.1, 0.15) is 0 Å². The van der Waals surface area contributed by atoms with Crippen molar-refractivity contribution in [1.82, 2.24) is 4.31 Å². The molecule has 2 N–H and O–H groups in total. The molecule has 160 valence electrons. The smallest absolute Gasteiger partial charge is 0.243 e. The summed E-state index contributed by atoms with van der Waals surface area (Å²) in [5.74, 6) is -0.142. The highest BCUT2D eigenvalue weighted by Crippen LogP contribution is 2.29. The Bertz CT molecular complexity index is 832. The molecule has 3 rings (SSSR count). The third-order valence-corrected chi connectivity index (χ3v) is 7.24. The molecule has 1 atom stereocenters. The molecular formula is C21H31N3O4S. The van der Waals surface area contributed by atoms with Crippen molar-refractivity contribution in [3.63, 3.8) is 0 Å². The summed E-state index contributed by atoms with van der Waals surface area (Å²) in [6.07, 6.45) is 8.60. The van der Waals surface area contributed by atoms with Gasteiger partial charge < -0.3 is 15.4 Å². The topological polar surface area (TPSA) is 87.7 Å². The maximum Gasteiger partial charge on any atom is 0.243 e. The highest BCUT2D eigenvalue weighted by atomic mass is 32.2. The molecule has 1 aliphatic heterocycles. The number of sulfonamides is 1. The first-order valence-electron chi connectivity index (χ1n) is 10.4. The summed E-state index contributed by atoms with van der Waals surface area (Å²) in [5, 5.41) is 6.30. The Balaban J connectivity index is 1.84. The van der Waals surface area contributed by atoms with Gasteiger partial charge in [0.05, 0.1) is 29.5 Å². The molecule has 1 heterocycles. The highest BCUT2D eigenvalue weighted by Gasteiger charge is 2.27. The van der Waals surface area contributed by atoms with Gasteiger partial charge in [-0.2, -0.15) is 4.31 Å². The minimum absolute atomic E-state index is 0.0613. The third-order valence-electron chi connectivity index (χ3n) is 5.34. The number of rotatable bonds is 8. The lowest BCUT2D eigenvalue weighted by molar-refractivity contribution is -0.120. The minimum atomic E-state index is -3.62. The second-order valence-electron chi connectivity index (χ2n) is 7.47. The number of allylic oxidation sites excluding steroid dienone is 2. The van der Waals surface area contributed by atoms with Crippen LogP contribution < -0.4 is 10.6 Å². The van der Waals surface area contributed by atoms with Gasteiger partial charge >= 0.3 is 0 Å². The van der Waals surface area contributed by atoms with Gasteiger partial charge in [-0.1, -0.05) is 25.5 Å². The van der Waals surface area contributed by atoms with E-state index < -0.39 is 10.0 Å². The first kappa shape index (κ1) is 21.8. The predicted molar refractivity (Wildman–Crippen MR) is 115 cm³/mol. The van der Waals surface area contributed by atoms with Crippen molar-refractivity contribution < 1.29 is 17.9 Å².